The first-order chi connectivity index (χ1) is 8.65. The lowest BCUT2D eigenvalue weighted by atomic mass is 10.0. The molecule has 0 saturated carbocycles. The summed E-state index contributed by atoms with van der Waals surface area (Å²) in [5.74, 6) is 0. The SMILES string of the molecule is OC1CCCc2sc(-c3ncc(Cl)cc3Cl)nc21. The number of aromatic nitrogens is 2. The van der Waals surface area contributed by atoms with Crippen molar-refractivity contribution in [1.82, 2.24) is 9.97 Å². The fourth-order valence-electron chi connectivity index (χ4n) is 2.07. The van der Waals surface area contributed by atoms with Gasteiger partial charge in [0.25, 0.3) is 0 Å². The van der Waals surface area contributed by atoms with Gasteiger partial charge in [-0.25, -0.2) is 4.98 Å². The van der Waals surface area contributed by atoms with E-state index in [0.29, 0.717) is 15.7 Å². The van der Waals surface area contributed by atoms with Gasteiger partial charge in [-0.05, 0) is 25.3 Å². The summed E-state index contributed by atoms with van der Waals surface area (Å²) in [7, 11) is 0. The molecule has 2 aromatic rings. The van der Waals surface area contributed by atoms with Crippen LogP contribution in [0.2, 0.25) is 10.0 Å². The molecule has 18 heavy (non-hydrogen) atoms. The highest BCUT2D eigenvalue weighted by molar-refractivity contribution is 7.15. The van der Waals surface area contributed by atoms with E-state index in [-0.39, 0.29) is 0 Å². The van der Waals surface area contributed by atoms with E-state index < -0.39 is 6.10 Å². The summed E-state index contributed by atoms with van der Waals surface area (Å²) in [4.78, 5) is 9.83. The molecular formula is C12H10Cl2N2OS. The number of pyridine rings is 1. The fraction of sp³-hybridized carbons (Fsp3) is 0.333. The van der Waals surface area contributed by atoms with Gasteiger partial charge in [0, 0.05) is 11.1 Å². The van der Waals surface area contributed by atoms with Gasteiger partial charge in [0.1, 0.15) is 10.7 Å². The lowest BCUT2D eigenvalue weighted by Gasteiger charge is -2.14. The molecule has 1 aliphatic rings. The molecule has 0 aromatic carbocycles. The quantitative estimate of drug-likeness (QED) is 0.869. The number of hydrogen-bond acceptors (Lipinski definition) is 4. The first-order valence-corrected chi connectivity index (χ1v) is 7.21. The Balaban J connectivity index is 2.07. The number of hydrogen-bond donors (Lipinski definition) is 1. The molecule has 1 unspecified atom stereocenters. The molecule has 0 saturated heterocycles. The lowest BCUT2D eigenvalue weighted by molar-refractivity contribution is 0.153. The Hall–Kier alpha value is -0.680. The van der Waals surface area contributed by atoms with Crippen LogP contribution >= 0.6 is 34.5 Å². The number of rotatable bonds is 1. The van der Waals surface area contributed by atoms with Gasteiger partial charge in [-0.3, -0.25) is 4.98 Å². The molecule has 0 fully saturated rings. The summed E-state index contributed by atoms with van der Waals surface area (Å²) in [5.41, 5.74) is 1.42. The molecular weight excluding hydrogens is 291 g/mol. The first kappa shape index (κ1) is 12.4. The van der Waals surface area contributed by atoms with E-state index in [1.165, 1.54) is 0 Å². The maximum absolute atomic E-state index is 9.90. The Morgan fingerprint density at radius 2 is 2.22 bits per heavy atom. The van der Waals surface area contributed by atoms with Crippen LogP contribution in [0, 0.1) is 0 Å². The van der Waals surface area contributed by atoms with Gasteiger partial charge in [-0.2, -0.15) is 0 Å². The third-order valence-corrected chi connectivity index (χ3v) is 4.57. The molecule has 94 valence electrons. The monoisotopic (exact) mass is 300 g/mol. The molecule has 0 aliphatic heterocycles. The van der Waals surface area contributed by atoms with Crippen molar-refractivity contribution in [3.63, 3.8) is 0 Å². The molecule has 0 amide bonds. The van der Waals surface area contributed by atoms with Crippen molar-refractivity contribution in [2.45, 2.75) is 25.4 Å². The minimum atomic E-state index is -0.454. The molecule has 0 radical (unpaired) electrons. The van der Waals surface area contributed by atoms with Gasteiger partial charge in [0.05, 0.1) is 21.8 Å². The Bertz CT molecular complexity index is 600. The van der Waals surface area contributed by atoms with Crippen LogP contribution in [0.1, 0.15) is 29.5 Å². The predicted octanol–water partition coefficient (Wildman–Crippen LogP) is 3.88. The zero-order valence-electron chi connectivity index (χ0n) is 9.36. The van der Waals surface area contributed by atoms with Crippen molar-refractivity contribution in [2.24, 2.45) is 0 Å². The number of nitrogens with zero attached hydrogens (tertiary/aromatic N) is 2. The predicted molar refractivity (Wildman–Crippen MR) is 73.3 cm³/mol. The maximum Gasteiger partial charge on any atom is 0.144 e. The summed E-state index contributed by atoms with van der Waals surface area (Å²) in [6.07, 6.45) is 3.84. The molecule has 2 heterocycles. The van der Waals surface area contributed by atoms with Crippen LogP contribution in [0.4, 0.5) is 0 Å². The summed E-state index contributed by atoms with van der Waals surface area (Å²) < 4.78 is 0. The Morgan fingerprint density at radius 3 is 2.94 bits per heavy atom. The smallest absolute Gasteiger partial charge is 0.144 e. The van der Waals surface area contributed by atoms with E-state index in [4.69, 9.17) is 23.2 Å². The molecule has 1 N–H and O–H groups in total. The second kappa shape index (κ2) is 4.78. The summed E-state index contributed by atoms with van der Waals surface area (Å²) in [6.45, 7) is 0. The van der Waals surface area contributed by atoms with Crippen molar-refractivity contribution in [2.75, 3.05) is 0 Å². The van der Waals surface area contributed by atoms with Crippen LogP contribution in [-0.4, -0.2) is 15.1 Å². The van der Waals surface area contributed by atoms with Crippen LogP contribution in [0.3, 0.4) is 0 Å². The minimum Gasteiger partial charge on any atom is -0.387 e. The zero-order valence-corrected chi connectivity index (χ0v) is 11.7. The van der Waals surface area contributed by atoms with E-state index in [1.807, 2.05) is 0 Å². The van der Waals surface area contributed by atoms with Crippen LogP contribution in [0.25, 0.3) is 10.7 Å². The second-order valence-electron chi connectivity index (χ2n) is 4.22. The number of halogens is 2. The van der Waals surface area contributed by atoms with Crippen molar-refractivity contribution >= 4 is 34.5 Å². The summed E-state index contributed by atoms with van der Waals surface area (Å²) in [6, 6.07) is 1.66. The second-order valence-corrected chi connectivity index (χ2v) is 6.15. The topological polar surface area (TPSA) is 46.0 Å². The fourth-order valence-corrected chi connectivity index (χ4v) is 3.76. The number of aliphatic hydroxyl groups is 1. The molecule has 0 spiro atoms. The van der Waals surface area contributed by atoms with E-state index in [1.54, 1.807) is 23.6 Å². The molecule has 6 heteroatoms. The Kier molecular flexibility index (Phi) is 3.28. The van der Waals surface area contributed by atoms with Gasteiger partial charge in [-0.15, -0.1) is 11.3 Å². The van der Waals surface area contributed by atoms with E-state index in [0.717, 1.165) is 34.8 Å². The van der Waals surface area contributed by atoms with Gasteiger partial charge < -0.3 is 5.11 Å². The molecule has 0 bridgehead atoms. The van der Waals surface area contributed by atoms with Crippen LogP contribution in [-0.2, 0) is 6.42 Å². The van der Waals surface area contributed by atoms with Crippen LogP contribution in [0.5, 0.6) is 0 Å². The van der Waals surface area contributed by atoms with E-state index in [2.05, 4.69) is 9.97 Å². The largest absolute Gasteiger partial charge is 0.387 e. The average Bonchev–Trinajstić information content (AvgIpc) is 2.74. The van der Waals surface area contributed by atoms with Crippen molar-refractivity contribution in [3.8, 4) is 10.7 Å². The zero-order chi connectivity index (χ0) is 12.7. The number of thiazole rings is 1. The van der Waals surface area contributed by atoms with Crippen LogP contribution in [0.15, 0.2) is 12.3 Å². The summed E-state index contributed by atoms with van der Waals surface area (Å²) in [5, 5.41) is 11.7. The maximum atomic E-state index is 9.90. The van der Waals surface area contributed by atoms with Crippen LogP contribution < -0.4 is 0 Å². The summed E-state index contributed by atoms with van der Waals surface area (Å²) >= 11 is 13.5. The highest BCUT2D eigenvalue weighted by Crippen LogP contribution is 2.38. The Morgan fingerprint density at radius 1 is 1.39 bits per heavy atom. The van der Waals surface area contributed by atoms with Crippen molar-refractivity contribution in [3.05, 3.63) is 32.9 Å². The normalized spacial score (nSPS) is 18.7. The van der Waals surface area contributed by atoms with E-state index >= 15 is 0 Å². The lowest BCUT2D eigenvalue weighted by Crippen LogP contribution is -2.07. The van der Waals surface area contributed by atoms with Crippen molar-refractivity contribution in [1.29, 1.82) is 0 Å². The number of fused-ring (bicyclic) bond motifs is 1. The minimum absolute atomic E-state index is 0.454. The Labute approximate surface area is 118 Å². The standard InChI is InChI=1S/C12H10Cl2N2OS/c13-6-4-7(14)10(15-5-6)12-16-11-8(17)2-1-3-9(11)18-12/h4-5,8,17H,1-3H2. The van der Waals surface area contributed by atoms with Crippen molar-refractivity contribution < 1.29 is 5.11 Å². The average molecular weight is 301 g/mol. The van der Waals surface area contributed by atoms with E-state index in [9.17, 15) is 5.11 Å². The highest BCUT2D eigenvalue weighted by atomic mass is 35.5. The third-order valence-electron chi connectivity index (χ3n) is 2.93. The van der Waals surface area contributed by atoms with Gasteiger partial charge >= 0.3 is 0 Å². The van der Waals surface area contributed by atoms with Gasteiger partial charge in [0.2, 0.25) is 0 Å². The van der Waals surface area contributed by atoms with Gasteiger partial charge in [-0.1, -0.05) is 23.2 Å². The third kappa shape index (κ3) is 2.14. The van der Waals surface area contributed by atoms with Gasteiger partial charge in [0.15, 0.2) is 0 Å². The molecule has 1 aliphatic carbocycles. The number of aryl methyl sites for hydroxylation is 1. The first-order valence-electron chi connectivity index (χ1n) is 5.64. The molecule has 1 atom stereocenters. The highest BCUT2D eigenvalue weighted by Gasteiger charge is 2.24. The molecule has 3 rings (SSSR count). The molecule has 3 nitrogen and oxygen atoms in total. The molecule has 2 aromatic heterocycles. The number of aliphatic hydroxyl groups excluding tert-OH is 1.